The van der Waals surface area contributed by atoms with E-state index in [1.54, 1.807) is 4.90 Å². The third kappa shape index (κ3) is 6.32. The molecule has 0 bridgehead atoms. The van der Waals surface area contributed by atoms with Crippen LogP contribution in [0.2, 0.25) is 5.02 Å². The smallest absolute Gasteiger partial charge is 0.260 e. The number of thiazole rings is 1. The lowest BCUT2D eigenvalue weighted by Crippen LogP contribution is -2.36. The number of unbranched alkanes of at least 4 members (excludes halogenated alkanes) is 1. The van der Waals surface area contributed by atoms with Crippen molar-refractivity contribution in [3.05, 3.63) is 53.1 Å². The standard InChI is InChI=1S/C22H26ClN3O2S.ClH/c1-4-5-13-28-18-8-6-7-16(14-18)21(27)26(12-11-25(2)3)22-24-19-10-9-17(23)15-20(19)29-22;/h6-10,14-15H,4-5,11-13H2,1-3H3;1H. The summed E-state index contributed by atoms with van der Waals surface area (Å²) in [6.07, 6.45) is 2.06. The second-order valence-electron chi connectivity index (χ2n) is 7.10. The quantitative estimate of drug-likeness (QED) is 0.375. The molecular formula is C22H27Cl2N3O2S. The SMILES string of the molecule is CCCCOc1cccc(C(=O)N(CCN(C)C)c2nc3ccc(Cl)cc3s2)c1.Cl. The fraction of sp³-hybridized carbons (Fsp3) is 0.364. The highest BCUT2D eigenvalue weighted by atomic mass is 35.5. The lowest BCUT2D eigenvalue weighted by Gasteiger charge is -2.22. The molecule has 1 heterocycles. The number of hydrogen-bond acceptors (Lipinski definition) is 5. The van der Waals surface area contributed by atoms with E-state index in [9.17, 15) is 4.79 Å². The Bertz CT molecular complexity index is 978. The van der Waals surface area contributed by atoms with Gasteiger partial charge in [0.15, 0.2) is 5.13 Å². The van der Waals surface area contributed by atoms with Crippen molar-refractivity contribution in [3.63, 3.8) is 0 Å². The fourth-order valence-electron chi connectivity index (χ4n) is 2.79. The van der Waals surface area contributed by atoms with Gasteiger partial charge >= 0.3 is 0 Å². The van der Waals surface area contributed by atoms with Crippen LogP contribution < -0.4 is 9.64 Å². The average molecular weight is 468 g/mol. The van der Waals surface area contributed by atoms with Crippen LogP contribution in [-0.4, -0.2) is 49.6 Å². The molecule has 0 aliphatic rings. The van der Waals surface area contributed by atoms with Gasteiger partial charge < -0.3 is 9.64 Å². The van der Waals surface area contributed by atoms with E-state index in [0.29, 0.717) is 34.6 Å². The van der Waals surface area contributed by atoms with Gasteiger partial charge in [-0.3, -0.25) is 9.69 Å². The predicted molar refractivity (Wildman–Crippen MR) is 129 cm³/mol. The third-order valence-electron chi connectivity index (χ3n) is 4.43. The number of hydrogen-bond donors (Lipinski definition) is 0. The normalized spacial score (nSPS) is 10.8. The topological polar surface area (TPSA) is 45.7 Å². The Morgan fingerprint density at radius 1 is 1.17 bits per heavy atom. The van der Waals surface area contributed by atoms with E-state index >= 15 is 0 Å². The van der Waals surface area contributed by atoms with Crippen molar-refractivity contribution in [1.29, 1.82) is 0 Å². The summed E-state index contributed by atoms with van der Waals surface area (Å²) in [7, 11) is 3.98. The number of carbonyl (C=O) groups excluding carboxylic acids is 1. The first-order chi connectivity index (χ1) is 14.0. The summed E-state index contributed by atoms with van der Waals surface area (Å²) in [5, 5.41) is 1.34. The van der Waals surface area contributed by atoms with Gasteiger partial charge in [0.1, 0.15) is 5.75 Å². The first-order valence-electron chi connectivity index (χ1n) is 9.73. The Morgan fingerprint density at radius 2 is 1.97 bits per heavy atom. The summed E-state index contributed by atoms with van der Waals surface area (Å²) in [5.74, 6) is 0.630. The van der Waals surface area contributed by atoms with Crippen LogP contribution in [-0.2, 0) is 0 Å². The zero-order chi connectivity index (χ0) is 20.8. The fourth-order valence-corrected chi connectivity index (χ4v) is 4.06. The molecule has 2 aromatic carbocycles. The van der Waals surface area contributed by atoms with Gasteiger partial charge in [0, 0.05) is 23.7 Å². The van der Waals surface area contributed by atoms with E-state index in [2.05, 4.69) is 16.8 Å². The Morgan fingerprint density at radius 3 is 2.70 bits per heavy atom. The lowest BCUT2D eigenvalue weighted by molar-refractivity contribution is 0.0984. The van der Waals surface area contributed by atoms with E-state index < -0.39 is 0 Å². The summed E-state index contributed by atoms with van der Waals surface area (Å²) in [6, 6.07) is 13.0. The molecule has 1 aromatic heterocycles. The van der Waals surface area contributed by atoms with Crippen molar-refractivity contribution in [1.82, 2.24) is 9.88 Å². The molecule has 162 valence electrons. The number of benzene rings is 2. The van der Waals surface area contributed by atoms with Crippen molar-refractivity contribution in [3.8, 4) is 5.75 Å². The molecule has 0 aliphatic heterocycles. The average Bonchev–Trinajstić information content (AvgIpc) is 3.11. The van der Waals surface area contributed by atoms with Crippen LogP contribution in [0, 0.1) is 0 Å². The number of halogens is 2. The number of ether oxygens (including phenoxy) is 1. The molecule has 0 N–H and O–H groups in total. The zero-order valence-corrected chi connectivity index (χ0v) is 19.8. The highest BCUT2D eigenvalue weighted by Gasteiger charge is 2.22. The van der Waals surface area contributed by atoms with Gasteiger partial charge in [-0.1, -0.05) is 42.3 Å². The predicted octanol–water partition coefficient (Wildman–Crippen LogP) is 5.76. The lowest BCUT2D eigenvalue weighted by atomic mass is 10.2. The number of rotatable bonds is 9. The number of aromatic nitrogens is 1. The Balaban J connectivity index is 0.00000320. The Kier molecular flexibility index (Phi) is 9.37. The number of carbonyl (C=O) groups is 1. The molecule has 3 rings (SSSR count). The number of fused-ring (bicyclic) bond motifs is 1. The highest BCUT2D eigenvalue weighted by molar-refractivity contribution is 7.22. The van der Waals surface area contributed by atoms with Crippen LogP contribution in [0.4, 0.5) is 5.13 Å². The molecular weight excluding hydrogens is 441 g/mol. The van der Waals surface area contributed by atoms with Crippen molar-refractivity contribution >= 4 is 56.6 Å². The van der Waals surface area contributed by atoms with E-state index in [-0.39, 0.29) is 18.3 Å². The zero-order valence-electron chi connectivity index (χ0n) is 17.4. The Hall–Kier alpha value is -1.86. The minimum Gasteiger partial charge on any atom is -0.494 e. The minimum absolute atomic E-state index is 0. The van der Waals surface area contributed by atoms with Crippen LogP contribution in [0.3, 0.4) is 0 Å². The monoisotopic (exact) mass is 467 g/mol. The van der Waals surface area contributed by atoms with Crippen molar-refractivity contribution in [2.24, 2.45) is 0 Å². The summed E-state index contributed by atoms with van der Waals surface area (Å²) < 4.78 is 6.74. The molecule has 0 spiro atoms. The molecule has 0 aliphatic carbocycles. The molecule has 0 unspecified atom stereocenters. The highest BCUT2D eigenvalue weighted by Crippen LogP contribution is 2.31. The second-order valence-corrected chi connectivity index (χ2v) is 8.54. The number of nitrogens with zero attached hydrogens (tertiary/aromatic N) is 3. The van der Waals surface area contributed by atoms with Crippen molar-refractivity contribution in [2.75, 3.05) is 38.7 Å². The van der Waals surface area contributed by atoms with Crippen LogP contribution in [0.15, 0.2) is 42.5 Å². The summed E-state index contributed by atoms with van der Waals surface area (Å²) in [5.41, 5.74) is 1.43. The largest absolute Gasteiger partial charge is 0.494 e. The first-order valence-corrected chi connectivity index (χ1v) is 10.9. The third-order valence-corrected chi connectivity index (χ3v) is 5.71. The molecule has 5 nitrogen and oxygen atoms in total. The summed E-state index contributed by atoms with van der Waals surface area (Å²) in [6.45, 7) is 4.05. The van der Waals surface area contributed by atoms with Crippen molar-refractivity contribution < 1.29 is 9.53 Å². The Labute approximate surface area is 193 Å². The maximum Gasteiger partial charge on any atom is 0.260 e. The van der Waals surface area contributed by atoms with Crippen LogP contribution in [0.1, 0.15) is 30.1 Å². The maximum atomic E-state index is 13.4. The van der Waals surface area contributed by atoms with Gasteiger partial charge in [0.05, 0.1) is 16.8 Å². The molecule has 0 saturated heterocycles. The molecule has 0 atom stereocenters. The van der Waals surface area contributed by atoms with Gasteiger partial charge in [0.25, 0.3) is 5.91 Å². The van der Waals surface area contributed by atoms with Crippen LogP contribution >= 0.6 is 35.3 Å². The molecule has 0 fully saturated rings. The number of amides is 1. The molecule has 1 amide bonds. The summed E-state index contributed by atoms with van der Waals surface area (Å²) in [4.78, 5) is 21.8. The molecule has 3 aromatic rings. The van der Waals surface area contributed by atoms with Gasteiger partial charge in [-0.05, 0) is 56.9 Å². The number of likely N-dealkylation sites (N-methyl/N-ethyl adjacent to an activating group) is 1. The first kappa shape index (κ1) is 24.4. The minimum atomic E-state index is -0.0852. The molecule has 8 heteroatoms. The second kappa shape index (κ2) is 11.5. The van der Waals surface area contributed by atoms with Crippen LogP contribution in [0.5, 0.6) is 5.75 Å². The molecule has 0 saturated carbocycles. The van der Waals surface area contributed by atoms with Gasteiger partial charge in [-0.25, -0.2) is 4.98 Å². The molecule has 30 heavy (non-hydrogen) atoms. The van der Waals surface area contributed by atoms with Crippen LogP contribution in [0.25, 0.3) is 10.2 Å². The van der Waals surface area contributed by atoms with Gasteiger partial charge in [-0.2, -0.15) is 0 Å². The number of anilines is 1. The summed E-state index contributed by atoms with van der Waals surface area (Å²) >= 11 is 7.59. The van der Waals surface area contributed by atoms with E-state index in [0.717, 1.165) is 29.6 Å². The van der Waals surface area contributed by atoms with Gasteiger partial charge in [-0.15, -0.1) is 12.4 Å². The maximum absolute atomic E-state index is 13.4. The van der Waals surface area contributed by atoms with Crippen molar-refractivity contribution in [2.45, 2.75) is 19.8 Å². The van der Waals surface area contributed by atoms with E-state index in [1.807, 2.05) is 56.6 Å². The van der Waals surface area contributed by atoms with E-state index in [1.165, 1.54) is 11.3 Å². The van der Waals surface area contributed by atoms with E-state index in [4.69, 9.17) is 16.3 Å². The van der Waals surface area contributed by atoms with Gasteiger partial charge in [0.2, 0.25) is 0 Å². The molecule has 0 radical (unpaired) electrons.